The van der Waals surface area contributed by atoms with Crippen LogP contribution in [0.1, 0.15) is 19.8 Å². The molecule has 0 aromatic rings. The lowest BCUT2D eigenvalue weighted by Gasteiger charge is -2.10. The molecule has 0 rings (SSSR count). The second kappa shape index (κ2) is 8.43. The molecule has 0 heterocycles. The van der Waals surface area contributed by atoms with Crippen LogP contribution in [0.3, 0.4) is 0 Å². The van der Waals surface area contributed by atoms with Gasteiger partial charge in [-0.15, -0.1) is 0 Å². The van der Waals surface area contributed by atoms with Crippen molar-refractivity contribution in [3.8, 4) is 0 Å². The van der Waals surface area contributed by atoms with Gasteiger partial charge in [0.15, 0.2) is 0 Å². The Bertz CT molecular complexity index is 315. The van der Waals surface area contributed by atoms with Gasteiger partial charge in [0.25, 0.3) is 0 Å². The Morgan fingerprint density at radius 2 is 1.94 bits per heavy atom. The molecule has 6 nitrogen and oxygen atoms in total. The molecule has 0 atom stereocenters. The van der Waals surface area contributed by atoms with Gasteiger partial charge in [-0.1, -0.05) is 13.3 Å². The molecule has 0 aliphatic rings. The topological polar surface area (TPSA) is 78.5 Å². The number of carbonyl (C=O) groups excluding carboxylic acids is 1. The highest BCUT2D eigenvalue weighted by atomic mass is 32.2. The van der Waals surface area contributed by atoms with Gasteiger partial charge in [-0.2, -0.15) is 0 Å². The lowest BCUT2D eigenvalue weighted by atomic mass is 10.4. The minimum atomic E-state index is -3.30. The largest absolute Gasteiger partial charge is 0.354 e. The Hall–Kier alpha value is -0.660. The summed E-state index contributed by atoms with van der Waals surface area (Å²) in [6.07, 6.45) is 1.42. The van der Waals surface area contributed by atoms with E-state index in [1.165, 1.54) is 0 Å². The smallest absolute Gasteiger partial charge is 0.235 e. The summed E-state index contributed by atoms with van der Waals surface area (Å²) in [6, 6.07) is 0. The standard InChI is InChI=1S/C10H23N3O3S/c1-4-5-8-17(15,16)12-9-10(14)11-6-7-13(2)3/h12H,4-9H2,1-3H3,(H,11,14). The number of hydrogen-bond donors (Lipinski definition) is 2. The van der Waals surface area contributed by atoms with Gasteiger partial charge in [0, 0.05) is 13.1 Å². The maximum atomic E-state index is 11.4. The average molecular weight is 265 g/mol. The first-order chi connectivity index (χ1) is 7.87. The Kier molecular flexibility index (Phi) is 8.11. The van der Waals surface area contributed by atoms with Gasteiger partial charge in [0.2, 0.25) is 15.9 Å². The van der Waals surface area contributed by atoms with E-state index in [0.29, 0.717) is 13.0 Å². The van der Waals surface area contributed by atoms with E-state index in [1.54, 1.807) is 0 Å². The van der Waals surface area contributed by atoms with Crippen molar-refractivity contribution in [1.29, 1.82) is 0 Å². The molecule has 0 aliphatic heterocycles. The van der Waals surface area contributed by atoms with Crippen molar-refractivity contribution in [3.05, 3.63) is 0 Å². The molecule has 2 N–H and O–H groups in total. The van der Waals surface area contributed by atoms with Crippen LogP contribution in [0.4, 0.5) is 0 Å². The SMILES string of the molecule is CCCCS(=O)(=O)NCC(=O)NCCN(C)C. The monoisotopic (exact) mass is 265 g/mol. The van der Waals surface area contributed by atoms with Crippen LogP contribution < -0.4 is 10.0 Å². The normalized spacial score (nSPS) is 11.8. The summed E-state index contributed by atoms with van der Waals surface area (Å²) in [4.78, 5) is 13.2. The van der Waals surface area contributed by atoms with Crippen molar-refractivity contribution in [2.45, 2.75) is 19.8 Å². The number of sulfonamides is 1. The number of likely N-dealkylation sites (N-methyl/N-ethyl adjacent to an activating group) is 1. The third-order valence-corrected chi connectivity index (χ3v) is 3.51. The minimum absolute atomic E-state index is 0.0779. The van der Waals surface area contributed by atoms with Crippen molar-refractivity contribution in [2.24, 2.45) is 0 Å². The second-order valence-electron chi connectivity index (χ2n) is 4.15. The lowest BCUT2D eigenvalue weighted by Crippen LogP contribution is -2.40. The quantitative estimate of drug-likeness (QED) is 0.582. The Labute approximate surface area is 104 Å². The number of nitrogens with one attached hydrogen (secondary N) is 2. The third-order valence-electron chi connectivity index (χ3n) is 2.10. The van der Waals surface area contributed by atoms with Gasteiger partial charge in [-0.05, 0) is 20.5 Å². The molecule has 0 radical (unpaired) electrons. The van der Waals surface area contributed by atoms with Crippen LogP contribution in [0.25, 0.3) is 0 Å². The van der Waals surface area contributed by atoms with Crippen molar-refractivity contribution >= 4 is 15.9 Å². The first-order valence-electron chi connectivity index (χ1n) is 5.76. The molecular formula is C10H23N3O3S. The van der Waals surface area contributed by atoms with Crippen LogP contribution in [0.15, 0.2) is 0 Å². The molecule has 0 saturated heterocycles. The summed E-state index contributed by atoms with van der Waals surface area (Å²) in [5, 5.41) is 2.64. The fourth-order valence-corrected chi connectivity index (χ4v) is 2.23. The van der Waals surface area contributed by atoms with E-state index in [1.807, 2.05) is 25.9 Å². The number of carbonyl (C=O) groups is 1. The van der Waals surface area contributed by atoms with Crippen LogP contribution >= 0.6 is 0 Å². The van der Waals surface area contributed by atoms with Gasteiger partial charge < -0.3 is 10.2 Å². The molecule has 0 bridgehead atoms. The summed E-state index contributed by atoms with van der Waals surface area (Å²) >= 11 is 0. The van der Waals surface area contributed by atoms with E-state index in [-0.39, 0.29) is 18.2 Å². The zero-order chi connectivity index (χ0) is 13.3. The fourth-order valence-electron chi connectivity index (χ4n) is 1.06. The maximum Gasteiger partial charge on any atom is 0.235 e. The van der Waals surface area contributed by atoms with E-state index in [2.05, 4.69) is 10.0 Å². The minimum Gasteiger partial charge on any atom is -0.354 e. The fraction of sp³-hybridized carbons (Fsp3) is 0.900. The summed E-state index contributed by atoms with van der Waals surface area (Å²) in [5.74, 6) is -0.221. The number of nitrogens with zero attached hydrogens (tertiary/aromatic N) is 1. The van der Waals surface area contributed by atoms with Crippen molar-refractivity contribution in [1.82, 2.24) is 14.9 Å². The molecule has 102 valence electrons. The molecule has 0 unspecified atom stereocenters. The second-order valence-corrected chi connectivity index (χ2v) is 6.07. The van der Waals surface area contributed by atoms with Crippen molar-refractivity contribution < 1.29 is 13.2 Å². The molecule has 1 amide bonds. The van der Waals surface area contributed by atoms with Crippen LogP contribution in [-0.4, -0.2) is 58.7 Å². The van der Waals surface area contributed by atoms with Gasteiger partial charge in [-0.25, -0.2) is 13.1 Å². The number of amides is 1. The molecule has 0 aliphatic carbocycles. The van der Waals surface area contributed by atoms with E-state index in [4.69, 9.17) is 0 Å². The van der Waals surface area contributed by atoms with E-state index < -0.39 is 10.0 Å². The molecular weight excluding hydrogens is 242 g/mol. The average Bonchev–Trinajstić information content (AvgIpc) is 2.23. The van der Waals surface area contributed by atoms with Crippen molar-refractivity contribution in [2.75, 3.05) is 39.5 Å². The number of hydrogen-bond acceptors (Lipinski definition) is 4. The number of rotatable bonds is 9. The third kappa shape index (κ3) is 10.2. The Morgan fingerprint density at radius 3 is 2.47 bits per heavy atom. The van der Waals surface area contributed by atoms with E-state index >= 15 is 0 Å². The molecule has 17 heavy (non-hydrogen) atoms. The summed E-state index contributed by atoms with van der Waals surface area (Å²) in [5.41, 5.74) is 0. The highest BCUT2D eigenvalue weighted by Gasteiger charge is 2.11. The highest BCUT2D eigenvalue weighted by molar-refractivity contribution is 7.89. The highest BCUT2D eigenvalue weighted by Crippen LogP contribution is 1.92. The maximum absolute atomic E-state index is 11.4. The van der Waals surface area contributed by atoms with E-state index in [9.17, 15) is 13.2 Å². The van der Waals surface area contributed by atoms with Crippen molar-refractivity contribution in [3.63, 3.8) is 0 Å². The van der Waals surface area contributed by atoms with Gasteiger partial charge in [0.1, 0.15) is 0 Å². The first-order valence-corrected chi connectivity index (χ1v) is 7.41. The lowest BCUT2D eigenvalue weighted by molar-refractivity contribution is -0.119. The predicted molar refractivity (Wildman–Crippen MR) is 68.3 cm³/mol. The predicted octanol–water partition coefficient (Wildman–Crippen LogP) is -0.616. The van der Waals surface area contributed by atoms with Gasteiger partial charge in [0.05, 0.1) is 12.3 Å². The van der Waals surface area contributed by atoms with E-state index in [0.717, 1.165) is 13.0 Å². The summed E-state index contributed by atoms with van der Waals surface area (Å²) in [6.45, 7) is 2.99. The Balaban J connectivity index is 3.76. The Morgan fingerprint density at radius 1 is 1.29 bits per heavy atom. The zero-order valence-corrected chi connectivity index (χ0v) is 11.6. The van der Waals surface area contributed by atoms with Crippen LogP contribution in [0.5, 0.6) is 0 Å². The van der Waals surface area contributed by atoms with Crippen LogP contribution in [0.2, 0.25) is 0 Å². The molecule has 0 spiro atoms. The molecule has 0 saturated carbocycles. The first kappa shape index (κ1) is 16.3. The van der Waals surface area contributed by atoms with Crippen LogP contribution in [-0.2, 0) is 14.8 Å². The number of unbranched alkanes of at least 4 members (excludes halogenated alkanes) is 1. The van der Waals surface area contributed by atoms with Crippen LogP contribution in [0, 0.1) is 0 Å². The molecule has 7 heteroatoms. The zero-order valence-electron chi connectivity index (χ0n) is 10.8. The van der Waals surface area contributed by atoms with Gasteiger partial charge in [-0.3, -0.25) is 4.79 Å². The summed E-state index contributed by atoms with van der Waals surface area (Å²) in [7, 11) is 0.503. The molecule has 0 fully saturated rings. The molecule has 0 aromatic heterocycles. The summed E-state index contributed by atoms with van der Waals surface area (Å²) < 4.78 is 25.0. The van der Waals surface area contributed by atoms with Gasteiger partial charge >= 0.3 is 0 Å². The molecule has 0 aromatic carbocycles.